The summed E-state index contributed by atoms with van der Waals surface area (Å²) in [6.07, 6.45) is 8.33. The summed E-state index contributed by atoms with van der Waals surface area (Å²) in [5, 5.41) is 3.89. The van der Waals surface area contributed by atoms with Gasteiger partial charge in [0.15, 0.2) is 0 Å². The fourth-order valence-corrected chi connectivity index (χ4v) is 9.13. The molecule has 0 bridgehead atoms. The first-order valence-electron chi connectivity index (χ1n) is 12.3. The molecule has 4 aliphatic rings. The third-order valence-electron chi connectivity index (χ3n) is 9.21. The minimum absolute atomic E-state index is 0.590. The van der Waals surface area contributed by atoms with Crippen LogP contribution in [0.4, 0.5) is 0 Å². The average molecular weight is 464 g/mol. The number of halogens is 1. The second kappa shape index (κ2) is 7.78. The van der Waals surface area contributed by atoms with Crippen LogP contribution in [-0.4, -0.2) is 17.4 Å². The van der Waals surface area contributed by atoms with E-state index in [0.717, 1.165) is 40.5 Å². The van der Waals surface area contributed by atoms with Crippen molar-refractivity contribution in [1.29, 1.82) is 0 Å². The smallest absolute Gasteiger partial charge is 0.0220 e. The number of piperidine rings is 1. The van der Waals surface area contributed by atoms with E-state index in [2.05, 4.69) is 76.7 Å². The van der Waals surface area contributed by atoms with E-state index >= 15 is 0 Å². The van der Waals surface area contributed by atoms with Crippen LogP contribution in [0.15, 0.2) is 48.5 Å². The number of benzene rings is 2. The summed E-state index contributed by atoms with van der Waals surface area (Å²) in [6, 6.07) is 19.0. The van der Waals surface area contributed by atoms with Crippen LogP contribution in [0.5, 0.6) is 0 Å². The molecular formula is C28H34BrN. The summed E-state index contributed by atoms with van der Waals surface area (Å²) >= 11 is 4.21. The summed E-state index contributed by atoms with van der Waals surface area (Å²) in [7, 11) is 0. The van der Waals surface area contributed by atoms with Gasteiger partial charge in [-0.2, -0.15) is 0 Å². The zero-order valence-corrected chi connectivity index (χ0v) is 19.7. The van der Waals surface area contributed by atoms with Crippen molar-refractivity contribution >= 4 is 15.9 Å². The van der Waals surface area contributed by atoms with Crippen LogP contribution >= 0.6 is 15.9 Å². The maximum atomic E-state index is 4.21. The van der Waals surface area contributed by atoms with E-state index in [1.54, 1.807) is 11.1 Å². The second-order valence-corrected chi connectivity index (χ2v) is 11.6. The highest BCUT2D eigenvalue weighted by Crippen LogP contribution is 2.56. The van der Waals surface area contributed by atoms with E-state index < -0.39 is 0 Å². The summed E-state index contributed by atoms with van der Waals surface area (Å²) < 4.78 is 0. The Morgan fingerprint density at radius 1 is 0.867 bits per heavy atom. The predicted octanol–water partition coefficient (Wildman–Crippen LogP) is 7.00. The number of hydrogen-bond donors (Lipinski definition) is 1. The van der Waals surface area contributed by atoms with Gasteiger partial charge in [-0.3, -0.25) is 0 Å². The lowest BCUT2D eigenvalue weighted by atomic mass is 9.67. The van der Waals surface area contributed by atoms with Crippen LogP contribution in [0.1, 0.15) is 62.5 Å². The highest BCUT2D eigenvalue weighted by molar-refractivity contribution is 9.09. The number of hydrogen-bond acceptors (Lipinski definition) is 1. The molecule has 3 fully saturated rings. The molecule has 1 heterocycles. The normalized spacial score (nSPS) is 37.3. The molecule has 3 aliphatic carbocycles. The van der Waals surface area contributed by atoms with Crippen molar-refractivity contribution in [2.45, 2.75) is 62.2 Å². The summed E-state index contributed by atoms with van der Waals surface area (Å²) in [6.45, 7) is 3.78. The van der Waals surface area contributed by atoms with Gasteiger partial charge in [-0.1, -0.05) is 71.4 Å². The van der Waals surface area contributed by atoms with E-state index in [9.17, 15) is 0 Å². The highest BCUT2D eigenvalue weighted by atomic mass is 79.9. The first-order valence-corrected chi connectivity index (χ1v) is 13.2. The van der Waals surface area contributed by atoms with Crippen molar-refractivity contribution in [2.24, 2.45) is 29.6 Å². The van der Waals surface area contributed by atoms with Crippen molar-refractivity contribution in [1.82, 2.24) is 5.32 Å². The monoisotopic (exact) mass is 463 g/mol. The maximum absolute atomic E-state index is 4.21. The summed E-state index contributed by atoms with van der Waals surface area (Å²) in [5.41, 5.74) is 6.08. The van der Waals surface area contributed by atoms with Gasteiger partial charge in [0.1, 0.15) is 0 Å². The SMILES string of the molecule is CC1CC2C(Br)C3CCCNC3CC2C1CCC1c2ccccc2-c2ccccc21. The summed E-state index contributed by atoms with van der Waals surface area (Å²) in [4.78, 5) is 0.731. The van der Waals surface area contributed by atoms with Crippen LogP contribution in [0.2, 0.25) is 0 Å². The van der Waals surface area contributed by atoms with E-state index in [-0.39, 0.29) is 0 Å². The molecule has 2 heteroatoms. The van der Waals surface area contributed by atoms with Gasteiger partial charge < -0.3 is 5.32 Å². The van der Waals surface area contributed by atoms with Gasteiger partial charge in [0.25, 0.3) is 0 Å². The standard InChI is InChI=1S/C28H34BrN/c1-17-15-26-25(16-27-24(28(26)29)11-6-14-30-27)18(17)12-13-23-21-9-4-2-7-19(21)20-8-3-5-10-22(20)23/h2-5,7-10,17-18,23-28,30H,6,11-16H2,1H3. The van der Waals surface area contributed by atoms with Crippen LogP contribution in [0, 0.1) is 29.6 Å². The molecule has 2 aromatic carbocycles. The average Bonchev–Trinajstić information content (AvgIpc) is 3.27. The molecule has 1 saturated heterocycles. The van der Waals surface area contributed by atoms with Crippen molar-refractivity contribution in [3.8, 4) is 11.1 Å². The Kier molecular flexibility index (Phi) is 5.07. The topological polar surface area (TPSA) is 12.0 Å². The number of fused-ring (bicyclic) bond motifs is 5. The molecule has 1 aliphatic heterocycles. The molecule has 30 heavy (non-hydrogen) atoms. The third kappa shape index (κ3) is 3.05. The van der Waals surface area contributed by atoms with E-state index in [4.69, 9.17) is 0 Å². The van der Waals surface area contributed by atoms with E-state index in [1.165, 1.54) is 56.2 Å². The Hall–Kier alpha value is -1.12. The molecule has 0 amide bonds. The quantitative estimate of drug-likeness (QED) is 0.482. The first kappa shape index (κ1) is 19.6. The molecule has 2 saturated carbocycles. The first-order chi connectivity index (χ1) is 14.7. The highest BCUT2D eigenvalue weighted by Gasteiger charge is 2.51. The lowest BCUT2D eigenvalue weighted by Crippen LogP contribution is -2.52. The van der Waals surface area contributed by atoms with Crippen LogP contribution in [0.25, 0.3) is 11.1 Å². The number of alkyl halides is 1. The Labute approximate surface area is 190 Å². The minimum Gasteiger partial charge on any atom is -0.314 e. The molecule has 1 N–H and O–H groups in total. The Bertz CT molecular complexity index is 877. The van der Waals surface area contributed by atoms with Gasteiger partial charge in [-0.25, -0.2) is 0 Å². The molecule has 2 aromatic rings. The van der Waals surface area contributed by atoms with Crippen molar-refractivity contribution < 1.29 is 0 Å². The van der Waals surface area contributed by atoms with Crippen LogP contribution in [-0.2, 0) is 0 Å². The van der Waals surface area contributed by atoms with Crippen molar-refractivity contribution in [2.75, 3.05) is 6.54 Å². The van der Waals surface area contributed by atoms with Gasteiger partial charge in [-0.15, -0.1) is 0 Å². The molecule has 0 radical (unpaired) electrons. The maximum Gasteiger partial charge on any atom is 0.0220 e. The van der Waals surface area contributed by atoms with Crippen molar-refractivity contribution in [3.63, 3.8) is 0 Å². The Balaban J connectivity index is 1.23. The fraction of sp³-hybridized carbons (Fsp3) is 0.571. The largest absolute Gasteiger partial charge is 0.314 e. The lowest BCUT2D eigenvalue weighted by Gasteiger charge is -2.47. The fourth-order valence-electron chi connectivity index (χ4n) is 7.89. The van der Waals surface area contributed by atoms with Gasteiger partial charge in [0.05, 0.1) is 0 Å². The molecule has 7 unspecified atom stereocenters. The van der Waals surface area contributed by atoms with Gasteiger partial charge >= 0.3 is 0 Å². The molecule has 0 spiro atoms. The van der Waals surface area contributed by atoms with Crippen LogP contribution in [0.3, 0.4) is 0 Å². The molecule has 0 aromatic heterocycles. The van der Waals surface area contributed by atoms with E-state index in [0.29, 0.717) is 5.92 Å². The molecule has 158 valence electrons. The lowest BCUT2D eigenvalue weighted by molar-refractivity contribution is 0.112. The van der Waals surface area contributed by atoms with Crippen molar-refractivity contribution in [3.05, 3.63) is 59.7 Å². The zero-order valence-electron chi connectivity index (χ0n) is 18.1. The second-order valence-electron chi connectivity index (χ2n) is 10.6. The van der Waals surface area contributed by atoms with Gasteiger partial charge in [0.2, 0.25) is 0 Å². The molecule has 1 nitrogen and oxygen atoms in total. The Morgan fingerprint density at radius 3 is 2.30 bits per heavy atom. The van der Waals surface area contributed by atoms with Gasteiger partial charge in [0, 0.05) is 16.8 Å². The zero-order chi connectivity index (χ0) is 20.2. The number of nitrogens with one attached hydrogen (secondary N) is 1. The van der Waals surface area contributed by atoms with Crippen LogP contribution < -0.4 is 5.32 Å². The van der Waals surface area contributed by atoms with Gasteiger partial charge in [-0.05, 0) is 96.9 Å². The third-order valence-corrected chi connectivity index (χ3v) is 10.6. The van der Waals surface area contributed by atoms with E-state index in [1.807, 2.05) is 0 Å². The minimum atomic E-state index is 0.590. The summed E-state index contributed by atoms with van der Waals surface area (Å²) in [5.74, 6) is 5.01. The Morgan fingerprint density at radius 2 is 1.57 bits per heavy atom. The predicted molar refractivity (Wildman–Crippen MR) is 129 cm³/mol. The molecule has 7 atom stereocenters. The molecule has 6 rings (SSSR count). The number of rotatable bonds is 3. The molecular weight excluding hydrogens is 430 g/mol.